The molecule has 4 heteroatoms. The minimum atomic E-state index is -3.28. The average molecular weight is 861 g/mol. The SMILES string of the molecule is O=P(c1ccccc1)(c1ccccc1)c1ccc2c(c1)C(c1ccccc1)(c1ccccc1)c1cc(-c3ccc(-c4ccc5c(c4)c4ccccc4c4nc6ccccc6n54)cc3)ccc1-2. The number of para-hydroxylation sites is 2. The average Bonchev–Trinajstić information content (AvgIpc) is 3.94. The van der Waals surface area contributed by atoms with Gasteiger partial charge in [-0.05, 0) is 97.4 Å². The number of hydrogen-bond donors (Lipinski definition) is 0. The molecule has 0 atom stereocenters. The number of hydrogen-bond acceptors (Lipinski definition) is 2. The quantitative estimate of drug-likeness (QED) is 0.118. The number of nitrogens with zero attached hydrogens (tertiary/aromatic N) is 2. The fourth-order valence-corrected chi connectivity index (χ4v) is 13.6. The molecule has 2 heterocycles. The van der Waals surface area contributed by atoms with Crippen molar-refractivity contribution in [3.63, 3.8) is 0 Å². The number of rotatable bonds is 7. The Kier molecular flexibility index (Phi) is 8.72. The van der Waals surface area contributed by atoms with Crippen molar-refractivity contribution in [3.05, 3.63) is 271 Å². The van der Waals surface area contributed by atoms with Crippen LogP contribution in [0.4, 0.5) is 0 Å². The van der Waals surface area contributed by atoms with E-state index in [-0.39, 0.29) is 0 Å². The molecule has 0 fully saturated rings. The predicted molar refractivity (Wildman–Crippen MR) is 275 cm³/mol. The minimum Gasteiger partial charge on any atom is -0.309 e. The number of pyridine rings is 1. The van der Waals surface area contributed by atoms with Crippen LogP contribution in [0.2, 0.25) is 0 Å². The molecule has 1 aliphatic rings. The van der Waals surface area contributed by atoms with Gasteiger partial charge in [0.25, 0.3) is 0 Å². The maximum Gasteiger partial charge on any atom is 0.171 e. The number of benzene rings is 10. The predicted octanol–water partition coefficient (Wildman–Crippen LogP) is 14.1. The van der Waals surface area contributed by atoms with Gasteiger partial charge in [0.15, 0.2) is 7.14 Å². The highest BCUT2D eigenvalue weighted by Crippen LogP contribution is 2.58. The number of imidazole rings is 1. The highest BCUT2D eigenvalue weighted by molar-refractivity contribution is 7.85. The van der Waals surface area contributed by atoms with Crippen LogP contribution in [0.5, 0.6) is 0 Å². The second kappa shape index (κ2) is 15.0. The van der Waals surface area contributed by atoms with Gasteiger partial charge in [0.1, 0.15) is 5.65 Å². The van der Waals surface area contributed by atoms with Crippen LogP contribution in [0.3, 0.4) is 0 Å². The summed E-state index contributed by atoms with van der Waals surface area (Å²) in [4.78, 5) is 5.08. The molecule has 0 saturated carbocycles. The molecule has 2 aromatic heterocycles. The zero-order valence-corrected chi connectivity index (χ0v) is 36.8. The Hall–Kier alpha value is -8.10. The molecule has 12 aromatic rings. The van der Waals surface area contributed by atoms with E-state index in [2.05, 4.69) is 192 Å². The highest BCUT2D eigenvalue weighted by atomic mass is 31.2. The van der Waals surface area contributed by atoms with Gasteiger partial charge in [-0.2, -0.15) is 0 Å². The van der Waals surface area contributed by atoms with E-state index in [9.17, 15) is 0 Å². The molecule has 0 unspecified atom stereocenters. The first-order valence-electron chi connectivity index (χ1n) is 22.6. The van der Waals surface area contributed by atoms with Gasteiger partial charge in [-0.3, -0.25) is 4.40 Å². The zero-order valence-electron chi connectivity index (χ0n) is 35.9. The first kappa shape index (κ1) is 38.4. The first-order valence-corrected chi connectivity index (χ1v) is 24.3. The summed E-state index contributed by atoms with van der Waals surface area (Å²) in [6.45, 7) is 0. The van der Waals surface area contributed by atoms with E-state index in [0.29, 0.717) is 0 Å². The van der Waals surface area contributed by atoms with Crippen molar-refractivity contribution in [2.75, 3.05) is 0 Å². The topological polar surface area (TPSA) is 34.4 Å². The minimum absolute atomic E-state index is 0.683. The molecule has 13 rings (SSSR count). The van der Waals surface area contributed by atoms with E-state index in [1.165, 1.54) is 38.6 Å². The summed E-state index contributed by atoms with van der Waals surface area (Å²) in [5.74, 6) is 0. The molecular weight excluding hydrogens is 820 g/mol. The fraction of sp³-hybridized carbons (Fsp3) is 0.0161. The molecule has 66 heavy (non-hydrogen) atoms. The number of fused-ring (bicyclic) bond motifs is 11. The van der Waals surface area contributed by atoms with Crippen LogP contribution in [0, 0.1) is 0 Å². The summed E-state index contributed by atoms with van der Waals surface area (Å²) in [7, 11) is -3.28. The van der Waals surface area contributed by atoms with Crippen LogP contribution < -0.4 is 15.9 Å². The fourth-order valence-electron chi connectivity index (χ4n) is 10.9. The summed E-state index contributed by atoms with van der Waals surface area (Å²) in [6.07, 6.45) is 0. The molecule has 10 aromatic carbocycles. The smallest absolute Gasteiger partial charge is 0.171 e. The molecule has 0 N–H and O–H groups in total. The van der Waals surface area contributed by atoms with Crippen molar-refractivity contribution in [1.82, 2.24) is 9.38 Å². The Balaban J connectivity index is 0.966. The van der Waals surface area contributed by atoms with E-state index in [1.54, 1.807) is 0 Å². The highest BCUT2D eigenvalue weighted by Gasteiger charge is 2.47. The van der Waals surface area contributed by atoms with Gasteiger partial charge in [0, 0.05) is 26.7 Å². The van der Waals surface area contributed by atoms with E-state index < -0.39 is 12.6 Å². The van der Waals surface area contributed by atoms with Crippen molar-refractivity contribution in [3.8, 4) is 33.4 Å². The van der Waals surface area contributed by atoms with Gasteiger partial charge >= 0.3 is 0 Å². The third-order valence-corrected chi connectivity index (χ3v) is 17.0. The monoisotopic (exact) mass is 860 g/mol. The van der Waals surface area contributed by atoms with Crippen molar-refractivity contribution in [2.24, 2.45) is 0 Å². The van der Waals surface area contributed by atoms with Gasteiger partial charge < -0.3 is 4.57 Å². The lowest BCUT2D eigenvalue weighted by atomic mass is 9.67. The van der Waals surface area contributed by atoms with Gasteiger partial charge in [-0.15, -0.1) is 0 Å². The van der Waals surface area contributed by atoms with Gasteiger partial charge in [0.2, 0.25) is 0 Å². The molecule has 0 radical (unpaired) electrons. The molecular formula is C62H41N2OP. The second-order valence-corrected chi connectivity index (χ2v) is 20.1. The van der Waals surface area contributed by atoms with Crippen LogP contribution in [-0.2, 0) is 9.98 Å². The normalized spacial score (nSPS) is 13.0. The third kappa shape index (κ3) is 5.64. The largest absolute Gasteiger partial charge is 0.309 e. The summed E-state index contributed by atoms with van der Waals surface area (Å²) in [5.41, 5.74) is 15.2. The van der Waals surface area contributed by atoms with Gasteiger partial charge in [-0.1, -0.05) is 212 Å². The van der Waals surface area contributed by atoms with Crippen molar-refractivity contribution in [1.29, 1.82) is 0 Å². The van der Waals surface area contributed by atoms with Crippen LogP contribution in [0.15, 0.2) is 249 Å². The lowest BCUT2D eigenvalue weighted by Crippen LogP contribution is -2.31. The molecule has 1 aliphatic carbocycles. The standard InChI is InChI=1S/C62H41N2OP/c65-66(48-21-9-3-10-22-48,49-23-11-4-12-24-49)50-35-37-53-52-36-33-45(40-56(52)62(57(53)41-50,46-17-5-1-6-18-46)47-19-7-2-8-20-47)43-31-29-42(30-32-43)44-34-38-59-55(39-44)51-25-13-14-26-54(51)61-63-58-27-15-16-28-60(58)64(59)61/h1-41H. The second-order valence-electron chi connectivity index (χ2n) is 17.4. The van der Waals surface area contributed by atoms with E-state index >= 15 is 4.57 Å². The molecule has 0 aliphatic heterocycles. The maximum atomic E-state index is 16.0. The van der Waals surface area contributed by atoms with Crippen LogP contribution in [0.1, 0.15) is 22.3 Å². The molecule has 3 nitrogen and oxygen atoms in total. The Morgan fingerprint density at radius 3 is 1.48 bits per heavy atom. The third-order valence-electron chi connectivity index (χ3n) is 13.9. The first-order chi connectivity index (χ1) is 32.6. The van der Waals surface area contributed by atoms with Crippen molar-refractivity contribution >= 4 is 61.4 Å². The van der Waals surface area contributed by atoms with Crippen molar-refractivity contribution < 1.29 is 4.57 Å². The Morgan fingerprint density at radius 1 is 0.364 bits per heavy atom. The van der Waals surface area contributed by atoms with Gasteiger partial charge in [0.05, 0.1) is 22.0 Å². The number of aromatic nitrogens is 2. The summed E-state index contributed by atoms with van der Waals surface area (Å²) < 4.78 is 18.3. The summed E-state index contributed by atoms with van der Waals surface area (Å²) in [5, 5.41) is 6.01. The lowest BCUT2D eigenvalue weighted by Gasteiger charge is -2.34. The van der Waals surface area contributed by atoms with E-state index in [0.717, 1.165) is 71.3 Å². The maximum absolute atomic E-state index is 16.0. The van der Waals surface area contributed by atoms with Gasteiger partial charge in [-0.25, -0.2) is 4.98 Å². The van der Waals surface area contributed by atoms with Crippen LogP contribution in [0.25, 0.3) is 71.7 Å². The summed E-state index contributed by atoms with van der Waals surface area (Å²) >= 11 is 0. The molecule has 0 amide bonds. The molecule has 0 bridgehead atoms. The molecule has 310 valence electrons. The Labute approximate surface area is 383 Å². The molecule has 0 saturated heterocycles. The lowest BCUT2D eigenvalue weighted by molar-refractivity contribution is 0.592. The van der Waals surface area contributed by atoms with Crippen LogP contribution >= 0.6 is 7.14 Å². The Morgan fingerprint density at radius 2 is 0.848 bits per heavy atom. The van der Waals surface area contributed by atoms with E-state index in [1.807, 2.05) is 60.7 Å². The zero-order chi connectivity index (χ0) is 43.8. The molecule has 0 spiro atoms. The van der Waals surface area contributed by atoms with E-state index in [4.69, 9.17) is 4.98 Å². The van der Waals surface area contributed by atoms with Crippen LogP contribution in [-0.4, -0.2) is 9.38 Å². The summed E-state index contributed by atoms with van der Waals surface area (Å²) in [6, 6.07) is 88.1. The van der Waals surface area contributed by atoms with Crippen molar-refractivity contribution in [2.45, 2.75) is 5.41 Å². The Bertz CT molecular complexity index is 3800.